The van der Waals surface area contributed by atoms with Gasteiger partial charge in [-0.3, -0.25) is 4.79 Å². The van der Waals surface area contributed by atoms with Crippen LogP contribution in [0.3, 0.4) is 0 Å². The molecular formula is C14H22N2O4S. The van der Waals surface area contributed by atoms with Crippen LogP contribution in [0.1, 0.15) is 27.2 Å². The van der Waals surface area contributed by atoms with E-state index in [1.54, 1.807) is 26.0 Å². The lowest BCUT2D eigenvalue weighted by Gasteiger charge is -2.23. The summed E-state index contributed by atoms with van der Waals surface area (Å²) < 4.78 is 26.0. The van der Waals surface area contributed by atoms with E-state index in [2.05, 4.69) is 10.0 Å². The molecule has 0 radical (unpaired) electrons. The maximum atomic E-state index is 11.8. The lowest BCUT2D eigenvalue weighted by Crippen LogP contribution is -2.34. The smallest absolute Gasteiger partial charge is 0.311 e. The second-order valence-corrected chi connectivity index (χ2v) is 6.87. The van der Waals surface area contributed by atoms with Gasteiger partial charge >= 0.3 is 5.97 Å². The summed E-state index contributed by atoms with van der Waals surface area (Å²) in [6.07, 6.45) is 0.502. The Balaban J connectivity index is 2.78. The number of hydrogen-bond donors (Lipinski definition) is 3. The van der Waals surface area contributed by atoms with Crippen molar-refractivity contribution in [3.63, 3.8) is 0 Å². The van der Waals surface area contributed by atoms with E-state index in [-0.39, 0.29) is 11.4 Å². The van der Waals surface area contributed by atoms with E-state index in [4.69, 9.17) is 0 Å². The van der Waals surface area contributed by atoms with Gasteiger partial charge in [-0.05, 0) is 37.6 Å². The largest absolute Gasteiger partial charge is 0.481 e. The highest BCUT2D eigenvalue weighted by molar-refractivity contribution is 7.89. The number of nitrogens with one attached hydrogen (secondary N) is 2. The molecule has 0 saturated carbocycles. The molecule has 0 bridgehead atoms. The second-order valence-electron chi connectivity index (χ2n) is 5.10. The van der Waals surface area contributed by atoms with E-state index in [1.165, 1.54) is 12.1 Å². The number of anilines is 1. The molecule has 1 atom stereocenters. The quantitative estimate of drug-likeness (QED) is 0.681. The highest BCUT2D eigenvalue weighted by Crippen LogP contribution is 2.22. The number of benzene rings is 1. The first-order valence-corrected chi connectivity index (χ1v) is 8.30. The van der Waals surface area contributed by atoms with Crippen molar-refractivity contribution in [2.24, 2.45) is 5.41 Å². The third-order valence-electron chi connectivity index (χ3n) is 3.48. The summed E-state index contributed by atoms with van der Waals surface area (Å²) in [5, 5.41) is 12.2. The van der Waals surface area contributed by atoms with Crippen molar-refractivity contribution in [1.29, 1.82) is 0 Å². The standard InChI is InChI=1S/C14H22N2O4S/c1-4-14(3,13(17)18)10-15-11-6-8-12(9-7-11)21(19,20)16-5-2/h6-9,15-16H,4-5,10H2,1-3H3,(H,17,18). The Kier molecular flexibility index (Phi) is 5.74. The van der Waals surface area contributed by atoms with Crippen molar-refractivity contribution in [2.45, 2.75) is 32.1 Å². The molecule has 6 nitrogen and oxygen atoms in total. The molecule has 0 spiro atoms. The molecule has 1 unspecified atom stereocenters. The minimum absolute atomic E-state index is 0.186. The van der Waals surface area contributed by atoms with Crippen LogP contribution < -0.4 is 10.0 Å². The number of carboxylic acids is 1. The minimum atomic E-state index is -3.46. The van der Waals surface area contributed by atoms with Crippen LogP contribution in [0.15, 0.2) is 29.2 Å². The number of carboxylic acid groups (broad SMARTS) is 1. The Bertz CT molecular complexity index is 583. The number of carbonyl (C=O) groups is 1. The fraction of sp³-hybridized carbons (Fsp3) is 0.500. The summed E-state index contributed by atoms with van der Waals surface area (Å²) >= 11 is 0. The molecular weight excluding hydrogens is 292 g/mol. The van der Waals surface area contributed by atoms with Crippen LogP contribution in [0, 0.1) is 5.41 Å². The second kappa shape index (κ2) is 6.91. The SMILES string of the molecule is CCNS(=O)(=O)c1ccc(NCC(C)(CC)C(=O)O)cc1. The average molecular weight is 314 g/mol. The monoisotopic (exact) mass is 314 g/mol. The molecule has 21 heavy (non-hydrogen) atoms. The molecule has 0 fully saturated rings. The Morgan fingerprint density at radius 1 is 1.24 bits per heavy atom. The Labute approximate surface area is 125 Å². The van der Waals surface area contributed by atoms with Gasteiger partial charge in [0.25, 0.3) is 0 Å². The van der Waals surface area contributed by atoms with Crippen molar-refractivity contribution in [2.75, 3.05) is 18.4 Å². The molecule has 0 saturated heterocycles. The van der Waals surface area contributed by atoms with E-state index in [0.29, 0.717) is 18.7 Å². The van der Waals surface area contributed by atoms with E-state index in [0.717, 1.165) is 0 Å². The highest BCUT2D eigenvalue weighted by Gasteiger charge is 2.30. The third kappa shape index (κ3) is 4.44. The first-order chi connectivity index (χ1) is 9.75. The van der Waals surface area contributed by atoms with Crippen molar-refractivity contribution >= 4 is 21.7 Å². The zero-order valence-corrected chi connectivity index (χ0v) is 13.3. The predicted molar refractivity (Wildman–Crippen MR) is 81.8 cm³/mol. The Morgan fingerprint density at radius 3 is 2.24 bits per heavy atom. The molecule has 0 aliphatic rings. The van der Waals surface area contributed by atoms with Crippen LogP contribution in [-0.2, 0) is 14.8 Å². The summed E-state index contributed by atoms with van der Waals surface area (Å²) in [5.41, 5.74) is -0.166. The molecule has 0 aliphatic heterocycles. The van der Waals surface area contributed by atoms with Crippen molar-refractivity contribution in [3.8, 4) is 0 Å². The zero-order valence-electron chi connectivity index (χ0n) is 12.5. The van der Waals surface area contributed by atoms with Crippen molar-refractivity contribution in [3.05, 3.63) is 24.3 Å². The van der Waals surface area contributed by atoms with Gasteiger partial charge in [0.05, 0.1) is 10.3 Å². The van der Waals surface area contributed by atoms with Gasteiger partial charge in [-0.25, -0.2) is 13.1 Å². The molecule has 0 heterocycles. The van der Waals surface area contributed by atoms with E-state index in [9.17, 15) is 18.3 Å². The van der Waals surface area contributed by atoms with E-state index < -0.39 is 21.4 Å². The molecule has 7 heteroatoms. The highest BCUT2D eigenvalue weighted by atomic mass is 32.2. The first-order valence-electron chi connectivity index (χ1n) is 6.82. The molecule has 3 N–H and O–H groups in total. The van der Waals surface area contributed by atoms with Crippen LogP contribution >= 0.6 is 0 Å². The predicted octanol–water partition coefficient (Wildman–Crippen LogP) is 1.90. The summed E-state index contributed by atoms with van der Waals surface area (Å²) in [5.74, 6) is -0.858. The molecule has 118 valence electrons. The van der Waals surface area contributed by atoms with Gasteiger partial charge in [0.1, 0.15) is 0 Å². The molecule has 0 aromatic heterocycles. The van der Waals surface area contributed by atoms with Crippen LogP contribution in [-0.4, -0.2) is 32.6 Å². The molecule has 1 aromatic carbocycles. The zero-order chi connectivity index (χ0) is 16.1. The maximum Gasteiger partial charge on any atom is 0.311 e. The molecule has 0 amide bonds. The molecule has 0 aliphatic carbocycles. The van der Waals surface area contributed by atoms with Crippen LogP contribution in [0.2, 0.25) is 0 Å². The van der Waals surface area contributed by atoms with Gasteiger partial charge in [-0.1, -0.05) is 13.8 Å². The van der Waals surface area contributed by atoms with Gasteiger partial charge in [-0.2, -0.15) is 0 Å². The minimum Gasteiger partial charge on any atom is -0.481 e. The fourth-order valence-corrected chi connectivity index (χ4v) is 2.72. The van der Waals surface area contributed by atoms with Crippen LogP contribution in [0.25, 0.3) is 0 Å². The summed E-state index contributed by atoms with van der Waals surface area (Å²) in [6.45, 7) is 5.81. The summed E-state index contributed by atoms with van der Waals surface area (Å²) in [6, 6.07) is 6.24. The lowest BCUT2D eigenvalue weighted by molar-refractivity contribution is -0.147. The van der Waals surface area contributed by atoms with Crippen molar-refractivity contribution in [1.82, 2.24) is 4.72 Å². The summed E-state index contributed by atoms with van der Waals surface area (Å²) in [7, 11) is -3.46. The lowest BCUT2D eigenvalue weighted by atomic mass is 9.87. The van der Waals surface area contributed by atoms with Gasteiger partial charge in [-0.15, -0.1) is 0 Å². The van der Waals surface area contributed by atoms with Crippen LogP contribution in [0.5, 0.6) is 0 Å². The van der Waals surface area contributed by atoms with Crippen molar-refractivity contribution < 1.29 is 18.3 Å². The normalized spacial score (nSPS) is 14.4. The molecule has 1 aromatic rings. The van der Waals surface area contributed by atoms with Gasteiger partial charge in [0.2, 0.25) is 10.0 Å². The molecule has 1 rings (SSSR count). The number of aliphatic carboxylic acids is 1. The topological polar surface area (TPSA) is 95.5 Å². The van der Waals surface area contributed by atoms with Gasteiger partial charge in [0.15, 0.2) is 0 Å². The maximum absolute atomic E-state index is 11.8. The number of hydrogen-bond acceptors (Lipinski definition) is 4. The fourth-order valence-electron chi connectivity index (χ4n) is 1.67. The third-order valence-corrected chi connectivity index (χ3v) is 5.04. The van der Waals surface area contributed by atoms with E-state index in [1.807, 2.05) is 6.92 Å². The van der Waals surface area contributed by atoms with Gasteiger partial charge < -0.3 is 10.4 Å². The Hall–Kier alpha value is -1.60. The Morgan fingerprint density at radius 2 is 1.81 bits per heavy atom. The number of rotatable bonds is 8. The van der Waals surface area contributed by atoms with E-state index >= 15 is 0 Å². The summed E-state index contributed by atoms with van der Waals surface area (Å²) in [4.78, 5) is 11.4. The van der Waals surface area contributed by atoms with Crippen LogP contribution in [0.4, 0.5) is 5.69 Å². The van der Waals surface area contributed by atoms with Gasteiger partial charge in [0, 0.05) is 18.8 Å². The number of sulfonamides is 1. The average Bonchev–Trinajstić information content (AvgIpc) is 2.45. The first kappa shape index (κ1) is 17.5.